The third-order valence-electron chi connectivity index (χ3n) is 3.25. The number of carboxylic acids is 1. The second-order valence-corrected chi connectivity index (χ2v) is 8.09. The molecule has 3 rings (SSSR count). The standard InChI is InChI=1S/C13H14BrN3O2S2/c14-8-4-10-12(15-5-8)17(6-9-2-1-3-20-9)13(16-10)21-7-11(18)19/h4-5,9H,1-3,6-7H2,(H,18,19). The first-order valence-corrected chi connectivity index (χ1v) is 9.44. The minimum atomic E-state index is -0.831. The lowest BCUT2D eigenvalue weighted by atomic mass is 10.2. The minimum absolute atomic E-state index is 0.0162. The van der Waals surface area contributed by atoms with Gasteiger partial charge >= 0.3 is 5.97 Å². The number of pyridine rings is 1. The van der Waals surface area contributed by atoms with Crippen LogP contribution < -0.4 is 0 Å². The van der Waals surface area contributed by atoms with Crippen molar-refractivity contribution < 1.29 is 9.90 Å². The van der Waals surface area contributed by atoms with Gasteiger partial charge in [0.2, 0.25) is 0 Å². The van der Waals surface area contributed by atoms with E-state index in [2.05, 4.69) is 30.5 Å². The third-order valence-corrected chi connectivity index (χ3v) is 6.03. The lowest BCUT2D eigenvalue weighted by Crippen LogP contribution is -2.12. The largest absolute Gasteiger partial charge is 0.481 e. The summed E-state index contributed by atoms with van der Waals surface area (Å²) in [6, 6.07) is 1.92. The molecular weight excluding hydrogens is 374 g/mol. The fourth-order valence-electron chi connectivity index (χ4n) is 2.36. The molecule has 0 spiro atoms. The first-order chi connectivity index (χ1) is 10.1. The monoisotopic (exact) mass is 387 g/mol. The highest BCUT2D eigenvalue weighted by molar-refractivity contribution is 9.10. The van der Waals surface area contributed by atoms with Crippen molar-refractivity contribution in [2.24, 2.45) is 0 Å². The second-order valence-electron chi connectivity index (χ2n) is 4.82. The van der Waals surface area contributed by atoms with Crippen LogP contribution in [0.5, 0.6) is 0 Å². The Balaban J connectivity index is 1.95. The van der Waals surface area contributed by atoms with Gasteiger partial charge in [-0.2, -0.15) is 11.8 Å². The molecule has 1 aliphatic rings. The number of aliphatic carboxylic acids is 1. The second kappa shape index (κ2) is 6.58. The van der Waals surface area contributed by atoms with Gasteiger partial charge in [0, 0.05) is 22.5 Å². The average molecular weight is 388 g/mol. The van der Waals surface area contributed by atoms with E-state index in [-0.39, 0.29) is 5.75 Å². The molecule has 1 N–H and O–H groups in total. The van der Waals surface area contributed by atoms with Crippen molar-refractivity contribution in [3.05, 3.63) is 16.7 Å². The Morgan fingerprint density at radius 3 is 3.19 bits per heavy atom. The number of hydrogen-bond donors (Lipinski definition) is 1. The lowest BCUT2D eigenvalue weighted by Gasteiger charge is -2.12. The first-order valence-electron chi connectivity index (χ1n) is 6.61. The molecule has 3 heterocycles. The summed E-state index contributed by atoms with van der Waals surface area (Å²) in [6.07, 6.45) is 4.20. The fourth-order valence-corrected chi connectivity index (χ4v) is 4.66. The summed E-state index contributed by atoms with van der Waals surface area (Å²) in [5.41, 5.74) is 1.64. The molecule has 0 aliphatic carbocycles. The van der Waals surface area contributed by atoms with Gasteiger partial charge < -0.3 is 9.67 Å². The van der Waals surface area contributed by atoms with Crippen LogP contribution in [0, 0.1) is 0 Å². The van der Waals surface area contributed by atoms with Crippen molar-refractivity contribution in [2.45, 2.75) is 29.8 Å². The van der Waals surface area contributed by atoms with E-state index in [1.807, 2.05) is 17.8 Å². The van der Waals surface area contributed by atoms with Crippen LogP contribution in [0.2, 0.25) is 0 Å². The molecule has 1 atom stereocenters. The molecule has 1 aliphatic heterocycles. The minimum Gasteiger partial charge on any atom is -0.481 e. The molecule has 112 valence electrons. The molecule has 0 bridgehead atoms. The van der Waals surface area contributed by atoms with Crippen LogP contribution in [0.4, 0.5) is 0 Å². The van der Waals surface area contributed by atoms with Gasteiger partial charge in [-0.25, -0.2) is 9.97 Å². The number of thioether (sulfide) groups is 2. The number of carbonyl (C=O) groups is 1. The summed E-state index contributed by atoms with van der Waals surface area (Å²) in [4.78, 5) is 19.8. The van der Waals surface area contributed by atoms with Crippen LogP contribution in [-0.2, 0) is 11.3 Å². The molecule has 0 saturated carbocycles. The Hall–Kier alpha value is -0.730. The van der Waals surface area contributed by atoms with Gasteiger partial charge in [0.25, 0.3) is 0 Å². The molecule has 1 fully saturated rings. The number of fused-ring (bicyclic) bond motifs is 1. The lowest BCUT2D eigenvalue weighted by molar-refractivity contribution is -0.133. The fraction of sp³-hybridized carbons (Fsp3) is 0.462. The Morgan fingerprint density at radius 2 is 2.48 bits per heavy atom. The summed E-state index contributed by atoms with van der Waals surface area (Å²) >= 11 is 6.63. The molecule has 2 aromatic heterocycles. The topological polar surface area (TPSA) is 68.0 Å². The Labute approximate surface area is 139 Å². The molecule has 1 saturated heterocycles. The zero-order chi connectivity index (χ0) is 14.8. The normalized spacial score (nSPS) is 18.4. The number of aromatic nitrogens is 3. The summed E-state index contributed by atoms with van der Waals surface area (Å²) < 4.78 is 2.95. The van der Waals surface area contributed by atoms with Crippen molar-refractivity contribution in [2.75, 3.05) is 11.5 Å². The quantitative estimate of drug-likeness (QED) is 0.793. The van der Waals surface area contributed by atoms with Crippen LogP contribution >= 0.6 is 39.5 Å². The number of halogens is 1. The highest BCUT2D eigenvalue weighted by Gasteiger charge is 2.21. The first kappa shape index (κ1) is 15.2. The van der Waals surface area contributed by atoms with E-state index in [1.54, 1.807) is 6.20 Å². The predicted molar refractivity (Wildman–Crippen MR) is 89.1 cm³/mol. The van der Waals surface area contributed by atoms with Gasteiger partial charge in [-0.3, -0.25) is 4.79 Å². The van der Waals surface area contributed by atoms with Crippen LogP contribution in [0.3, 0.4) is 0 Å². The highest BCUT2D eigenvalue weighted by atomic mass is 79.9. The van der Waals surface area contributed by atoms with Gasteiger partial charge in [0.05, 0.1) is 5.75 Å². The Morgan fingerprint density at radius 1 is 1.62 bits per heavy atom. The van der Waals surface area contributed by atoms with Gasteiger partial charge in [-0.05, 0) is 40.6 Å². The smallest absolute Gasteiger partial charge is 0.313 e. The molecular formula is C13H14BrN3O2S2. The van der Waals surface area contributed by atoms with E-state index in [0.29, 0.717) is 5.25 Å². The van der Waals surface area contributed by atoms with E-state index < -0.39 is 5.97 Å². The van der Waals surface area contributed by atoms with E-state index in [0.717, 1.165) is 27.3 Å². The molecule has 0 amide bonds. The summed E-state index contributed by atoms with van der Waals surface area (Å²) in [5, 5.41) is 10.2. The molecule has 8 heteroatoms. The highest BCUT2D eigenvalue weighted by Crippen LogP contribution is 2.31. The van der Waals surface area contributed by atoms with Crippen molar-refractivity contribution in [3.63, 3.8) is 0 Å². The van der Waals surface area contributed by atoms with Gasteiger partial charge in [0.1, 0.15) is 5.52 Å². The Kier molecular flexibility index (Phi) is 4.75. The van der Waals surface area contributed by atoms with E-state index in [4.69, 9.17) is 5.11 Å². The molecule has 1 unspecified atom stereocenters. The van der Waals surface area contributed by atoms with Crippen LogP contribution in [0.25, 0.3) is 11.2 Å². The van der Waals surface area contributed by atoms with Gasteiger partial charge in [-0.1, -0.05) is 11.8 Å². The summed E-state index contributed by atoms with van der Waals surface area (Å²) in [6.45, 7) is 0.845. The average Bonchev–Trinajstić information content (AvgIpc) is 3.05. The predicted octanol–water partition coefficient (Wildman–Crippen LogP) is 3.27. The maximum Gasteiger partial charge on any atom is 0.313 e. The van der Waals surface area contributed by atoms with Gasteiger partial charge in [-0.15, -0.1) is 0 Å². The van der Waals surface area contributed by atoms with Crippen LogP contribution in [-0.4, -0.2) is 42.4 Å². The van der Waals surface area contributed by atoms with E-state index >= 15 is 0 Å². The zero-order valence-corrected chi connectivity index (χ0v) is 14.4. The van der Waals surface area contributed by atoms with E-state index in [9.17, 15) is 4.79 Å². The van der Waals surface area contributed by atoms with Crippen LogP contribution in [0.1, 0.15) is 12.8 Å². The van der Waals surface area contributed by atoms with Gasteiger partial charge in [0.15, 0.2) is 10.8 Å². The molecule has 0 aromatic carbocycles. The van der Waals surface area contributed by atoms with E-state index in [1.165, 1.54) is 30.4 Å². The Bertz CT molecular complexity index is 671. The summed E-state index contributed by atoms with van der Waals surface area (Å²) in [5.74, 6) is 0.388. The van der Waals surface area contributed by atoms with Crippen molar-refractivity contribution >= 4 is 56.6 Å². The number of hydrogen-bond acceptors (Lipinski definition) is 5. The number of nitrogens with zero attached hydrogens (tertiary/aromatic N) is 3. The van der Waals surface area contributed by atoms with Crippen molar-refractivity contribution in [3.8, 4) is 0 Å². The van der Waals surface area contributed by atoms with Crippen molar-refractivity contribution in [1.82, 2.24) is 14.5 Å². The van der Waals surface area contributed by atoms with Crippen molar-refractivity contribution in [1.29, 1.82) is 0 Å². The maximum absolute atomic E-state index is 10.8. The maximum atomic E-state index is 10.8. The number of rotatable bonds is 5. The molecule has 5 nitrogen and oxygen atoms in total. The molecule has 21 heavy (non-hydrogen) atoms. The third kappa shape index (κ3) is 3.54. The molecule has 0 radical (unpaired) electrons. The van der Waals surface area contributed by atoms with Crippen LogP contribution in [0.15, 0.2) is 21.9 Å². The summed E-state index contributed by atoms with van der Waals surface area (Å²) in [7, 11) is 0. The number of imidazole rings is 1. The molecule has 2 aromatic rings. The number of carboxylic acid groups (broad SMARTS) is 1. The zero-order valence-electron chi connectivity index (χ0n) is 11.2. The SMILES string of the molecule is O=C(O)CSc1nc2cc(Br)cnc2n1CC1CCCS1.